The minimum atomic E-state index is -0.308. The van der Waals surface area contributed by atoms with Gasteiger partial charge in [0.2, 0.25) is 5.91 Å². The molecule has 0 radical (unpaired) electrons. The molecule has 8 nitrogen and oxygen atoms in total. The quantitative estimate of drug-likeness (QED) is 0.715. The van der Waals surface area contributed by atoms with Crippen LogP contribution >= 0.6 is 12.4 Å². The van der Waals surface area contributed by atoms with E-state index in [1.165, 1.54) is 0 Å². The number of piperazine rings is 1. The van der Waals surface area contributed by atoms with Crippen LogP contribution in [0.25, 0.3) is 10.9 Å². The number of fused-ring (bicyclic) bond motifs is 1. The van der Waals surface area contributed by atoms with Gasteiger partial charge >= 0.3 is 0 Å². The zero-order valence-corrected chi connectivity index (χ0v) is 15.3. The average molecular weight is 387 g/mol. The summed E-state index contributed by atoms with van der Waals surface area (Å²) in [5.41, 5.74) is 1.18. The first kappa shape index (κ1) is 18.9. The summed E-state index contributed by atoms with van der Waals surface area (Å²) in [6.45, 7) is 1.79. The largest absolute Gasteiger partial charge is 0.331 e. The van der Waals surface area contributed by atoms with Gasteiger partial charge in [-0.05, 0) is 23.8 Å². The van der Waals surface area contributed by atoms with Crippen molar-refractivity contribution in [3.63, 3.8) is 0 Å². The maximum Gasteiger partial charge on any atom is 0.278 e. The first-order valence-electron chi connectivity index (χ1n) is 8.47. The van der Waals surface area contributed by atoms with Gasteiger partial charge in [0.1, 0.15) is 12.1 Å². The van der Waals surface area contributed by atoms with Crippen LogP contribution in [0.15, 0.2) is 53.6 Å². The van der Waals surface area contributed by atoms with Crippen LogP contribution in [0.5, 0.6) is 0 Å². The van der Waals surface area contributed by atoms with Crippen molar-refractivity contribution in [1.29, 1.82) is 0 Å². The van der Waals surface area contributed by atoms with Gasteiger partial charge in [0.15, 0.2) is 0 Å². The van der Waals surface area contributed by atoms with Crippen LogP contribution in [0, 0.1) is 0 Å². The van der Waals surface area contributed by atoms with Crippen LogP contribution in [0.4, 0.5) is 0 Å². The Balaban J connectivity index is 0.00000210. The third-order valence-corrected chi connectivity index (χ3v) is 4.55. The highest BCUT2D eigenvalue weighted by Gasteiger charge is 2.28. The zero-order chi connectivity index (χ0) is 17.9. The molecule has 1 saturated heterocycles. The molecule has 2 aromatic heterocycles. The summed E-state index contributed by atoms with van der Waals surface area (Å²) >= 11 is 0. The third-order valence-electron chi connectivity index (χ3n) is 4.55. The number of pyridine rings is 1. The number of rotatable bonds is 3. The number of hydrogen-bond acceptors (Lipinski definition) is 6. The van der Waals surface area contributed by atoms with Gasteiger partial charge in [0.25, 0.3) is 5.56 Å². The summed E-state index contributed by atoms with van der Waals surface area (Å²) in [5.74, 6) is -0.160. The minimum Gasteiger partial charge on any atom is -0.331 e. The molecule has 1 amide bonds. The highest BCUT2D eigenvalue weighted by Crippen LogP contribution is 2.21. The zero-order valence-electron chi connectivity index (χ0n) is 14.5. The predicted molar refractivity (Wildman–Crippen MR) is 103 cm³/mol. The van der Waals surface area contributed by atoms with E-state index in [0.29, 0.717) is 30.5 Å². The number of hydrogen-bond donors (Lipinski definition) is 1. The molecule has 0 saturated carbocycles. The van der Waals surface area contributed by atoms with Crippen LogP contribution < -0.4 is 10.9 Å². The molecule has 0 bridgehead atoms. The van der Waals surface area contributed by atoms with Crippen molar-refractivity contribution in [2.75, 3.05) is 19.6 Å². The van der Waals surface area contributed by atoms with E-state index in [0.717, 1.165) is 10.2 Å². The van der Waals surface area contributed by atoms with Crippen LogP contribution in [-0.4, -0.2) is 50.4 Å². The number of carbonyl (C=O) groups is 1. The standard InChI is InChI=1S/C18H18N6O2.ClH/c25-17(12-24-18(26)14-5-1-2-6-15(14)21-22-24)23-9-8-20-11-16(23)13-4-3-7-19-10-13;/h1-7,10,16,20H,8-9,11-12H2;1H. The lowest BCUT2D eigenvalue weighted by molar-refractivity contribution is -0.135. The Hall–Kier alpha value is -2.84. The second kappa shape index (κ2) is 8.24. The predicted octanol–water partition coefficient (Wildman–Crippen LogP) is 0.781. The number of nitrogens with zero attached hydrogens (tertiary/aromatic N) is 5. The molecule has 4 rings (SSSR count). The van der Waals surface area contributed by atoms with Gasteiger partial charge in [-0.1, -0.05) is 23.4 Å². The molecule has 1 fully saturated rings. The second-order valence-electron chi connectivity index (χ2n) is 6.16. The Kier molecular flexibility index (Phi) is 5.78. The maximum atomic E-state index is 12.9. The van der Waals surface area contributed by atoms with Gasteiger partial charge in [-0.2, -0.15) is 0 Å². The van der Waals surface area contributed by atoms with Crippen molar-refractivity contribution < 1.29 is 4.79 Å². The van der Waals surface area contributed by atoms with E-state index in [1.54, 1.807) is 41.6 Å². The van der Waals surface area contributed by atoms with Crippen molar-refractivity contribution >= 4 is 29.2 Å². The van der Waals surface area contributed by atoms with Crippen molar-refractivity contribution in [2.45, 2.75) is 12.6 Å². The lowest BCUT2D eigenvalue weighted by Crippen LogP contribution is -2.50. The monoisotopic (exact) mass is 386 g/mol. The lowest BCUT2D eigenvalue weighted by atomic mass is 10.1. The number of halogens is 1. The molecular formula is C18H19ClN6O2. The molecule has 0 aliphatic carbocycles. The molecule has 3 heterocycles. The Bertz CT molecular complexity index is 994. The average Bonchev–Trinajstić information content (AvgIpc) is 2.71. The number of aromatic nitrogens is 4. The maximum absolute atomic E-state index is 12.9. The van der Waals surface area contributed by atoms with Crippen LogP contribution in [-0.2, 0) is 11.3 Å². The Morgan fingerprint density at radius 1 is 1.22 bits per heavy atom. The van der Waals surface area contributed by atoms with Gasteiger partial charge in [-0.3, -0.25) is 14.6 Å². The van der Waals surface area contributed by atoms with Crippen LogP contribution in [0.3, 0.4) is 0 Å². The van der Waals surface area contributed by atoms with Gasteiger partial charge in [-0.25, -0.2) is 4.68 Å². The summed E-state index contributed by atoms with van der Waals surface area (Å²) < 4.78 is 1.13. The summed E-state index contributed by atoms with van der Waals surface area (Å²) in [6, 6.07) is 10.7. The Morgan fingerprint density at radius 2 is 2.07 bits per heavy atom. The fraction of sp³-hybridized carbons (Fsp3) is 0.278. The van der Waals surface area contributed by atoms with Crippen molar-refractivity contribution in [2.24, 2.45) is 0 Å². The first-order chi connectivity index (χ1) is 12.7. The summed E-state index contributed by atoms with van der Waals surface area (Å²) in [7, 11) is 0. The van der Waals surface area contributed by atoms with Crippen LogP contribution in [0.2, 0.25) is 0 Å². The van der Waals surface area contributed by atoms with E-state index in [1.807, 2.05) is 12.1 Å². The molecule has 9 heteroatoms. The fourth-order valence-electron chi connectivity index (χ4n) is 3.22. The highest BCUT2D eigenvalue weighted by atomic mass is 35.5. The summed E-state index contributed by atoms with van der Waals surface area (Å²) in [6.07, 6.45) is 3.47. The first-order valence-corrected chi connectivity index (χ1v) is 8.47. The summed E-state index contributed by atoms with van der Waals surface area (Å²) in [4.78, 5) is 31.4. The molecule has 1 aliphatic heterocycles. The number of carbonyl (C=O) groups excluding carboxylic acids is 1. The molecular weight excluding hydrogens is 368 g/mol. The van der Waals surface area contributed by atoms with E-state index in [4.69, 9.17) is 0 Å². The number of benzene rings is 1. The molecule has 0 spiro atoms. The van der Waals surface area contributed by atoms with Crippen molar-refractivity contribution in [1.82, 2.24) is 30.2 Å². The van der Waals surface area contributed by atoms with Gasteiger partial charge in [0, 0.05) is 32.0 Å². The Labute approximate surface area is 161 Å². The second-order valence-corrected chi connectivity index (χ2v) is 6.16. The smallest absolute Gasteiger partial charge is 0.278 e. The fourth-order valence-corrected chi connectivity index (χ4v) is 3.22. The van der Waals surface area contributed by atoms with E-state index >= 15 is 0 Å². The third kappa shape index (κ3) is 3.81. The molecule has 1 N–H and O–H groups in total. The molecule has 140 valence electrons. The van der Waals surface area contributed by atoms with E-state index in [9.17, 15) is 9.59 Å². The molecule has 27 heavy (non-hydrogen) atoms. The van der Waals surface area contributed by atoms with Crippen molar-refractivity contribution in [3.05, 3.63) is 64.7 Å². The molecule has 1 aliphatic rings. The van der Waals surface area contributed by atoms with Crippen molar-refractivity contribution in [3.8, 4) is 0 Å². The van der Waals surface area contributed by atoms with Gasteiger partial charge in [0.05, 0.1) is 11.4 Å². The number of amides is 1. The normalized spacial score (nSPS) is 16.7. The summed E-state index contributed by atoms with van der Waals surface area (Å²) in [5, 5.41) is 11.7. The minimum absolute atomic E-state index is 0. The van der Waals surface area contributed by atoms with Crippen LogP contribution in [0.1, 0.15) is 11.6 Å². The van der Waals surface area contributed by atoms with E-state index in [-0.39, 0.29) is 36.5 Å². The molecule has 1 aromatic carbocycles. The molecule has 1 unspecified atom stereocenters. The SMILES string of the molecule is Cl.O=C(Cn1nnc2ccccc2c1=O)N1CCNCC1c1cccnc1. The van der Waals surface area contributed by atoms with E-state index in [2.05, 4.69) is 20.6 Å². The number of nitrogens with one attached hydrogen (secondary N) is 1. The van der Waals surface area contributed by atoms with E-state index < -0.39 is 0 Å². The highest BCUT2D eigenvalue weighted by molar-refractivity contribution is 5.85. The van der Waals surface area contributed by atoms with Gasteiger partial charge < -0.3 is 10.2 Å². The lowest BCUT2D eigenvalue weighted by Gasteiger charge is -2.36. The molecule has 1 atom stereocenters. The topological polar surface area (TPSA) is 93.0 Å². The Morgan fingerprint density at radius 3 is 2.89 bits per heavy atom. The molecule has 3 aromatic rings. The van der Waals surface area contributed by atoms with Gasteiger partial charge in [-0.15, -0.1) is 17.5 Å².